The fraction of sp³-hybridized carbons (Fsp3) is 0.133. The first kappa shape index (κ1) is 15.1. The van der Waals surface area contributed by atoms with Gasteiger partial charge in [-0.15, -0.1) is 0 Å². The summed E-state index contributed by atoms with van der Waals surface area (Å²) in [4.78, 5) is 0. The zero-order chi connectivity index (χ0) is 15.2. The molecule has 3 nitrogen and oxygen atoms in total. The number of nitrogens with one attached hydrogen (secondary N) is 1. The molecule has 21 heavy (non-hydrogen) atoms. The van der Waals surface area contributed by atoms with Crippen molar-refractivity contribution in [3.05, 3.63) is 58.6 Å². The van der Waals surface area contributed by atoms with E-state index in [4.69, 9.17) is 21.6 Å². The van der Waals surface area contributed by atoms with Crippen molar-refractivity contribution in [2.75, 3.05) is 11.9 Å². The van der Waals surface area contributed by atoms with Gasteiger partial charge in [0.15, 0.2) is 12.4 Å². The average Bonchev–Trinajstić information content (AvgIpc) is 2.44. The van der Waals surface area contributed by atoms with Crippen LogP contribution in [0.1, 0.15) is 5.56 Å². The first-order valence-electron chi connectivity index (χ1n) is 6.07. The van der Waals surface area contributed by atoms with Gasteiger partial charge in [-0.25, -0.2) is 8.78 Å². The number of hydrogen-bond acceptors (Lipinski definition) is 3. The maximum atomic E-state index is 13.6. The van der Waals surface area contributed by atoms with Gasteiger partial charge in [0.2, 0.25) is 0 Å². The molecule has 6 heteroatoms. The van der Waals surface area contributed by atoms with Gasteiger partial charge in [0.1, 0.15) is 17.6 Å². The summed E-state index contributed by atoms with van der Waals surface area (Å²) in [5, 5.41) is 11.2. The molecule has 0 spiro atoms. The molecular weight excluding hydrogens is 298 g/mol. The highest BCUT2D eigenvalue weighted by molar-refractivity contribution is 6.33. The van der Waals surface area contributed by atoms with E-state index in [2.05, 4.69) is 5.32 Å². The Balaban J connectivity index is 2.08. The third-order valence-corrected chi connectivity index (χ3v) is 2.98. The normalized spacial score (nSPS) is 10.0. The minimum absolute atomic E-state index is 0.0237. The Morgan fingerprint density at radius 3 is 2.76 bits per heavy atom. The van der Waals surface area contributed by atoms with Crippen molar-refractivity contribution < 1.29 is 13.5 Å². The van der Waals surface area contributed by atoms with Gasteiger partial charge >= 0.3 is 0 Å². The summed E-state index contributed by atoms with van der Waals surface area (Å²) in [5.74, 6) is -0.937. The molecule has 2 aromatic carbocycles. The van der Waals surface area contributed by atoms with Crippen LogP contribution in [0.25, 0.3) is 0 Å². The third-order valence-electron chi connectivity index (χ3n) is 2.68. The van der Waals surface area contributed by atoms with E-state index < -0.39 is 11.6 Å². The van der Waals surface area contributed by atoms with Crippen molar-refractivity contribution in [2.24, 2.45) is 0 Å². The molecule has 0 aliphatic rings. The molecular formula is C15H11ClF2N2O. The summed E-state index contributed by atoms with van der Waals surface area (Å²) in [6.07, 6.45) is 0. The van der Waals surface area contributed by atoms with Crippen LogP contribution in [0.2, 0.25) is 5.02 Å². The Hall–Kier alpha value is -2.32. The number of hydrogen-bond donors (Lipinski definition) is 1. The molecule has 1 N–H and O–H groups in total. The van der Waals surface area contributed by atoms with Gasteiger partial charge in [-0.05, 0) is 23.8 Å². The molecule has 108 valence electrons. The van der Waals surface area contributed by atoms with Gasteiger partial charge in [-0.2, -0.15) is 5.26 Å². The van der Waals surface area contributed by atoms with Gasteiger partial charge in [-0.1, -0.05) is 23.7 Å². The van der Waals surface area contributed by atoms with Crippen LogP contribution in [0.5, 0.6) is 5.75 Å². The lowest BCUT2D eigenvalue weighted by Gasteiger charge is -2.10. The van der Waals surface area contributed by atoms with Crippen molar-refractivity contribution >= 4 is 17.3 Å². The van der Waals surface area contributed by atoms with E-state index in [0.29, 0.717) is 5.75 Å². The maximum Gasteiger partial charge on any atom is 0.174 e. The molecule has 0 aliphatic carbocycles. The third kappa shape index (κ3) is 4.07. The van der Waals surface area contributed by atoms with E-state index >= 15 is 0 Å². The summed E-state index contributed by atoms with van der Waals surface area (Å²) in [7, 11) is 0. The predicted octanol–water partition coefficient (Wildman–Crippen LogP) is 4.13. The second kappa shape index (κ2) is 6.91. The quantitative estimate of drug-likeness (QED) is 0.903. The summed E-state index contributed by atoms with van der Waals surface area (Å²) in [6, 6.07) is 10.7. The Labute approximate surface area is 125 Å². The Morgan fingerprint density at radius 2 is 2.05 bits per heavy atom. The van der Waals surface area contributed by atoms with Gasteiger partial charge in [-0.3, -0.25) is 0 Å². The molecule has 0 atom stereocenters. The fourth-order valence-corrected chi connectivity index (χ4v) is 2.02. The van der Waals surface area contributed by atoms with Crippen LogP contribution in [-0.2, 0) is 6.54 Å². The Bertz CT molecular complexity index is 663. The smallest absolute Gasteiger partial charge is 0.174 e. The Morgan fingerprint density at radius 1 is 1.24 bits per heavy atom. The molecule has 0 unspecified atom stereocenters. The van der Waals surface area contributed by atoms with Crippen molar-refractivity contribution in [2.45, 2.75) is 6.54 Å². The van der Waals surface area contributed by atoms with Crippen molar-refractivity contribution in [3.8, 4) is 11.8 Å². The van der Waals surface area contributed by atoms with E-state index in [1.54, 1.807) is 18.2 Å². The van der Waals surface area contributed by atoms with E-state index in [-0.39, 0.29) is 23.9 Å². The maximum absolute atomic E-state index is 13.6. The number of nitrogens with zero attached hydrogens (tertiary/aromatic N) is 1. The lowest BCUT2D eigenvalue weighted by Crippen LogP contribution is -2.03. The summed E-state index contributed by atoms with van der Waals surface area (Å²) >= 11 is 5.80. The molecule has 0 fully saturated rings. The zero-order valence-corrected chi connectivity index (χ0v) is 11.6. The number of halogens is 3. The lowest BCUT2D eigenvalue weighted by atomic mass is 10.2. The number of anilines is 1. The second-order valence-corrected chi connectivity index (χ2v) is 4.60. The average molecular weight is 309 g/mol. The van der Waals surface area contributed by atoms with Crippen LogP contribution in [0, 0.1) is 23.0 Å². The molecule has 2 aromatic rings. The van der Waals surface area contributed by atoms with E-state index in [9.17, 15) is 8.78 Å². The minimum atomic E-state index is -0.753. The standard InChI is InChI=1S/C15H11ClF2N2O/c16-13-7-11(17)8-14(18)15(13)20-9-10-2-1-3-12(6-10)21-5-4-19/h1-3,6-8,20H,5,9H2. The van der Waals surface area contributed by atoms with Crippen molar-refractivity contribution in [3.63, 3.8) is 0 Å². The minimum Gasteiger partial charge on any atom is -0.479 e. The lowest BCUT2D eigenvalue weighted by molar-refractivity contribution is 0.368. The molecule has 0 radical (unpaired) electrons. The van der Waals surface area contributed by atoms with Crippen LogP contribution < -0.4 is 10.1 Å². The monoisotopic (exact) mass is 308 g/mol. The van der Waals surface area contributed by atoms with Crippen molar-refractivity contribution in [1.82, 2.24) is 0 Å². The van der Waals surface area contributed by atoms with Gasteiger partial charge in [0, 0.05) is 12.6 Å². The van der Waals surface area contributed by atoms with Gasteiger partial charge in [0.25, 0.3) is 0 Å². The summed E-state index contributed by atoms with van der Waals surface area (Å²) in [6.45, 7) is 0.237. The first-order valence-corrected chi connectivity index (χ1v) is 6.45. The van der Waals surface area contributed by atoms with Crippen molar-refractivity contribution in [1.29, 1.82) is 5.26 Å². The van der Waals surface area contributed by atoms with E-state index in [1.165, 1.54) is 0 Å². The molecule has 2 rings (SSSR count). The van der Waals surface area contributed by atoms with Crippen LogP contribution >= 0.6 is 11.6 Å². The first-order chi connectivity index (χ1) is 10.1. The van der Waals surface area contributed by atoms with Gasteiger partial charge < -0.3 is 10.1 Å². The number of benzene rings is 2. The molecule has 0 amide bonds. The van der Waals surface area contributed by atoms with Crippen LogP contribution in [0.3, 0.4) is 0 Å². The molecule has 0 saturated carbocycles. The molecule has 0 bridgehead atoms. The molecule has 0 aromatic heterocycles. The number of ether oxygens (including phenoxy) is 1. The fourth-order valence-electron chi connectivity index (χ4n) is 1.76. The summed E-state index contributed by atoms with van der Waals surface area (Å²) in [5.41, 5.74) is 0.853. The summed E-state index contributed by atoms with van der Waals surface area (Å²) < 4.78 is 31.7. The van der Waals surface area contributed by atoms with Gasteiger partial charge in [0.05, 0.1) is 10.7 Å². The molecule has 0 heterocycles. The molecule has 0 saturated heterocycles. The highest BCUT2D eigenvalue weighted by Crippen LogP contribution is 2.27. The largest absolute Gasteiger partial charge is 0.479 e. The highest BCUT2D eigenvalue weighted by Gasteiger charge is 2.09. The topological polar surface area (TPSA) is 45.0 Å². The molecule has 0 aliphatic heterocycles. The zero-order valence-electron chi connectivity index (χ0n) is 10.9. The Kier molecular flexibility index (Phi) is 4.96. The van der Waals surface area contributed by atoms with Crippen LogP contribution in [0.15, 0.2) is 36.4 Å². The van der Waals surface area contributed by atoms with E-state index in [0.717, 1.165) is 17.7 Å². The number of rotatable bonds is 5. The predicted molar refractivity (Wildman–Crippen MR) is 76.2 cm³/mol. The number of nitriles is 1. The van der Waals surface area contributed by atoms with E-state index in [1.807, 2.05) is 12.1 Å². The SMILES string of the molecule is N#CCOc1cccc(CNc2c(F)cc(F)cc2Cl)c1. The van der Waals surface area contributed by atoms with Crippen LogP contribution in [0.4, 0.5) is 14.5 Å². The highest BCUT2D eigenvalue weighted by atomic mass is 35.5. The van der Waals surface area contributed by atoms with Crippen LogP contribution in [-0.4, -0.2) is 6.61 Å². The second-order valence-electron chi connectivity index (χ2n) is 4.19.